The zero-order valence-electron chi connectivity index (χ0n) is 24.7. The Morgan fingerprint density at radius 1 is 1.21 bits per heavy atom. The molecule has 2 aliphatic heterocycles. The SMILES string of the molecule is COC[C@@H]1[C@@H](O)[C@@H]2C[C@@H](O[C@@H]3C=C[C@@H]4[C@@H](COC)C(=O)O[C@H]([C@H](O)COC)[C@H](C)/C=C(\C)[C@@]432)[C@@H]1OC(=O)c1cc[nH]n1. The Bertz CT molecular complexity index is 1170. The number of nitrogens with zero attached hydrogens (tertiary/aromatic N) is 1. The third kappa shape index (κ3) is 5.11. The molecular weight excluding hydrogens is 548 g/mol. The number of aromatic nitrogens is 2. The van der Waals surface area contributed by atoms with Gasteiger partial charge in [0, 0.05) is 56.6 Å². The Labute approximate surface area is 245 Å². The third-order valence-electron chi connectivity index (χ3n) is 9.65. The van der Waals surface area contributed by atoms with Crippen LogP contribution < -0.4 is 0 Å². The van der Waals surface area contributed by atoms with Crippen molar-refractivity contribution in [3.05, 3.63) is 41.8 Å². The van der Waals surface area contributed by atoms with Gasteiger partial charge in [-0.25, -0.2) is 4.79 Å². The minimum absolute atomic E-state index is 0.00440. The fourth-order valence-electron chi connectivity index (χ4n) is 7.94. The first-order valence-corrected chi connectivity index (χ1v) is 14.5. The van der Waals surface area contributed by atoms with Gasteiger partial charge in [-0.3, -0.25) is 9.89 Å². The molecule has 12 atom stereocenters. The van der Waals surface area contributed by atoms with E-state index in [1.165, 1.54) is 33.6 Å². The molecule has 0 radical (unpaired) electrons. The second-order valence-electron chi connectivity index (χ2n) is 11.9. The summed E-state index contributed by atoms with van der Waals surface area (Å²) in [5, 5.41) is 29.5. The van der Waals surface area contributed by atoms with Crippen molar-refractivity contribution in [2.24, 2.45) is 35.0 Å². The number of hydrogen-bond donors (Lipinski definition) is 3. The quantitative estimate of drug-likeness (QED) is 0.281. The first-order valence-electron chi connectivity index (χ1n) is 14.5. The Morgan fingerprint density at radius 3 is 2.64 bits per heavy atom. The molecule has 1 aromatic rings. The third-order valence-corrected chi connectivity index (χ3v) is 9.65. The summed E-state index contributed by atoms with van der Waals surface area (Å²) in [6.45, 7) is 4.10. The number of aromatic amines is 1. The van der Waals surface area contributed by atoms with E-state index in [4.69, 9.17) is 28.4 Å². The number of fused-ring (bicyclic) bond motifs is 2. The van der Waals surface area contributed by atoms with E-state index in [0.29, 0.717) is 6.42 Å². The monoisotopic (exact) mass is 590 g/mol. The molecule has 232 valence electrons. The van der Waals surface area contributed by atoms with Crippen LogP contribution in [0.25, 0.3) is 0 Å². The highest BCUT2D eigenvalue weighted by molar-refractivity contribution is 5.87. The molecule has 1 spiro atoms. The lowest BCUT2D eigenvalue weighted by atomic mass is 9.51. The lowest BCUT2D eigenvalue weighted by Gasteiger charge is -2.59. The van der Waals surface area contributed by atoms with Crippen LogP contribution in [0.5, 0.6) is 0 Å². The zero-order chi connectivity index (χ0) is 30.2. The molecule has 2 bridgehead atoms. The van der Waals surface area contributed by atoms with Crippen LogP contribution in [0.1, 0.15) is 30.8 Å². The fourth-order valence-corrected chi connectivity index (χ4v) is 7.94. The van der Waals surface area contributed by atoms with E-state index in [2.05, 4.69) is 10.2 Å². The molecule has 5 rings (SSSR count). The number of methoxy groups -OCH3 is 3. The summed E-state index contributed by atoms with van der Waals surface area (Å²) in [5.41, 5.74) is 0.233. The van der Waals surface area contributed by atoms with Gasteiger partial charge in [-0.1, -0.05) is 30.7 Å². The Morgan fingerprint density at radius 2 is 1.98 bits per heavy atom. The van der Waals surface area contributed by atoms with E-state index in [9.17, 15) is 19.8 Å². The van der Waals surface area contributed by atoms with Gasteiger partial charge in [0.15, 0.2) is 5.69 Å². The number of rotatable bonds is 9. The largest absolute Gasteiger partial charge is 0.459 e. The Kier molecular flexibility index (Phi) is 9.22. The highest BCUT2D eigenvalue weighted by Crippen LogP contribution is 2.62. The highest BCUT2D eigenvalue weighted by Gasteiger charge is 2.67. The molecule has 2 fully saturated rings. The zero-order valence-corrected chi connectivity index (χ0v) is 24.7. The second-order valence-corrected chi connectivity index (χ2v) is 11.9. The second kappa shape index (κ2) is 12.6. The number of aliphatic hydroxyl groups excluding tert-OH is 2. The normalized spacial score (nSPS) is 41.3. The summed E-state index contributed by atoms with van der Waals surface area (Å²) in [6, 6.07) is 1.52. The molecule has 3 N–H and O–H groups in total. The number of aliphatic hydroxyl groups is 2. The maximum Gasteiger partial charge on any atom is 0.359 e. The van der Waals surface area contributed by atoms with Crippen LogP contribution in [0.15, 0.2) is 36.1 Å². The number of carbonyl (C=O) groups is 2. The van der Waals surface area contributed by atoms with Gasteiger partial charge in [-0.2, -0.15) is 5.10 Å². The van der Waals surface area contributed by atoms with E-state index >= 15 is 0 Å². The fraction of sp³-hybridized carbons (Fsp3) is 0.700. The van der Waals surface area contributed by atoms with Crippen molar-refractivity contribution in [1.29, 1.82) is 0 Å². The molecular formula is C30H42N2O10. The molecule has 0 amide bonds. The predicted molar refractivity (Wildman–Crippen MR) is 147 cm³/mol. The molecule has 1 aromatic heterocycles. The summed E-state index contributed by atoms with van der Waals surface area (Å²) in [4.78, 5) is 26.7. The molecule has 4 aliphatic rings. The average Bonchev–Trinajstić information content (AvgIpc) is 3.64. The summed E-state index contributed by atoms with van der Waals surface area (Å²) in [7, 11) is 4.55. The van der Waals surface area contributed by atoms with Crippen molar-refractivity contribution in [2.45, 2.75) is 56.9 Å². The van der Waals surface area contributed by atoms with Crippen molar-refractivity contribution < 1.29 is 48.2 Å². The van der Waals surface area contributed by atoms with E-state index in [0.717, 1.165) is 5.57 Å². The molecule has 0 unspecified atom stereocenters. The first kappa shape index (κ1) is 30.8. The molecule has 12 heteroatoms. The van der Waals surface area contributed by atoms with Crippen LogP contribution in [-0.4, -0.2) is 110 Å². The number of esters is 2. The van der Waals surface area contributed by atoms with Crippen molar-refractivity contribution in [3.8, 4) is 0 Å². The van der Waals surface area contributed by atoms with Gasteiger partial charge in [-0.05, 0) is 19.4 Å². The lowest BCUT2D eigenvalue weighted by molar-refractivity contribution is -0.248. The van der Waals surface area contributed by atoms with E-state index < -0.39 is 71.7 Å². The topological polar surface area (TPSA) is 159 Å². The molecule has 12 nitrogen and oxygen atoms in total. The van der Waals surface area contributed by atoms with E-state index in [-0.39, 0.29) is 37.4 Å². The minimum atomic E-state index is -1.04. The number of hydrogen-bond acceptors (Lipinski definition) is 11. The predicted octanol–water partition coefficient (Wildman–Crippen LogP) is 1.30. The molecule has 1 saturated heterocycles. The van der Waals surface area contributed by atoms with Crippen LogP contribution in [0, 0.1) is 35.0 Å². The van der Waals surface area contributed by atoms with Gasteiger partial charge in [0.1, 0.15) is 18.3 Å². The number of allylic oxidation sites excluding steroid dienone is 1. The molecule has 1 saturated carbocycles. The lowest BCUT2D eigenvalue weighted by Crippen LogP contribution is -2.66. The highest BCUT2D eigenvalue weighted by atomic mass is 16.6. The van der Waals surface area contributed by atoms with Gasteiger partial charge in [0.05, 0.1) is 44.1 Å². The summed E-state index contributed by atoms with van der Waals surface area (Å²) < 4.78 is 34.9. The van der Waals surface area contributed by atoms with Crippen LogP contribution in [0.4, 0.5) is 0 Å². The van der Waals surface area contributed by atoms with Crippen LogP contribution in [0.3, 0.4) is 0 Å². The van der Waals surface area contributed by atoms with E-state index in [1.807, 2.05) is 32.1 Å². The number of H-pyrrole nitrogens is 1. The number of carbonyl (C=O) groups excluding carboxylic acids is 2. The van der Waals surface area contributed by atoms with Gasteiger partial charge in [0.2, 0.25) is 0 Å². The van der Waals surface area contributed by atoms with Crippen molar-refractivity contribution in [3.63, 3.8) is 0 Å². The maximum absolute atomic E-state index is 13.8. The Balaban J connectivity index is 1.57. The smallest absolute Gasteiger partial charge is 0.359 e. The standard InChI is InChI=1S/C30H42N2O10/c1-15-10-16(2)30-19(17(12-37-3)28(35)41-26(15)22(33)14-39-5)6-7-24(30)40-23-11-20(30)25(34)18(13-38-4)27(23)42-29(36)21-8-9-31-32-21/h6-10,15,17-20,22-27,33-34H,11-14H2,1-5H3,(H,31,32)/b16-10+/t15-,17-,18-,19-,20+,22-,23-,24-,25-,26+,27-,30+/m1/s1. The molecule has 42 heavy (non-hydrogen) atoms. The molecule has 3 heterocycles. The van der Waals surface area contributed by atoms with Gasteiger partial charge < -0.3 is 38.6 Å². The van der Waals surface area contributed by atoms with Gasteiger partial charge in [0.25, 0.3) is 0 Å². The van der Waals surface area contributed by atoms with Gasteiger partial charge >= 0.3 is 11.9 Å². The Hall–Kier alpha value is -2.61. The van der Waals surface area contributed by atoms with Gasteiger partial charge in [-0.15, -0.1) is 0 Å². The summed E-state index contributed by atoms with van der Waals surface area (Å²) in [5.74, 6) is -3.61. The van der Waals surface area contributed by atoms with Crippen LogP contribution in [0.2, 0.25) is 0 Å². The summed E-state index contributed by atoms with van der Waals surface area (Å²) in [6.07, 6.45) is 3.18. The van der Waals surface area contributed by atoms with Crippen LogP contribution >= 0.6 is 0 Å². The number of ether oxygens (including phenoxy) is 6. The molecule has 0 aromatic carbocycles. The number of cyclic esters (lactones) is 1. The van der Waals surface area contributed by atoms with E-state index in [1.54, 1.807) is 0 Å². The van der Waals surface area contributed by atoms with Crippen molar-refractivity contribution in [2.75, 3.05) is 41.2 Å². The first-order chi connectivity index (χ1) is 20.2. The average molecular weight is 591 g/mol. The van der Waals surface area contributed by atoms with Crippen molar-refractivity contribution in [1.82, 2.24) is 10.2 Å². The van der Waals surface area contributed by atoms with Crippen molar-refractivity contribution >= 4 is 11.9 Å². The summed E-state index contributed by atoms with van der Waals surface area (Å²) >= 11 is 0. The number of nitrogens with one attached hydrogen (secondary N) is 1. The molecule has 2 aliphatic carbocycles. The maximum atomic E-state index is 13.8. The van der Waals surface area contributed by atoms with Crippen LogP contribution in [-0.2, 0) is 33.2 Å². The minimum Gasteiger partial charge on any atom is -0.459 e.